The van der Waals surface area contributed by atoms with Crippen molar-refractivity contribution >= 4 is 33.2 Å². The Hall–Kier alpha value is -1.88. The number of amides is 1. The SMILES string of the molecule is CN(C)c1cccc(NC(=O)c2cc(Br)ccc2F)c1. The highest BCUT2D eigenvalue weighted by atomic mass is 79.9. The Bertz CT molecular complexity index is 644. The van der Waals surface area contributed by atoms with Gasteiger partial charge in [0.1, 0.15) is 5.82 Å². The molecule has 0 aliphatic carbocycles. The van der Waals surface area contributed by atoms with Gasteiger partial charge in [-0.3, -0.25) is 4.79 Å². The number of halogens is 2. The molecule has 0 aliphatic rings. The van der Waals surface area contributed by atoms with E-state index < -0.39 is 11.7 Å². The Morgan fingerprint density at radius 1 is 1.20 bits per heavy atom. The van der Waals surface area contributed by atoms with Gasteiger partial charge in [0.05, 0.1) is 5.56 Å². The molecule has 20 heavy (non-hydrogen) atoms. The highest BCUT2D eigenvalue weighted by Crippen LogP contribution is 2.20. The summed E-state index contributed by atoms with van der Waals surface area (Å²) in [5, 5.41) is 2.70. The molecule has 0 spiro atoms. The molecule has 0 radical (unpaired) electrons. The van der Waals surface area contributed by atoms with Crippen LogP contribution in [-0.4, -0.2) is 20.0 Å². The number of hydrogen-bond donors (Lipinski definition) is 1. The minimum absolute atomic E-state index is 0.00892. The number of carbonyl (C=O) groups is 1. The lowest BCUT2D eigenvalue weighted by Crippen LogP contribution is -2.14. The van der Waals surface area contributed by atoms with Gasteiger partial charge >= 0.3 is 0 Å². The normalized spacial score (nSPS) is 10.2. The maximum Gasteiger partial charge on any atom is 0.258 e. The molecule has 1 N–H and O–H groups in total. The van der Waals surface area contributed by atoms with Crippen LogP contribution in [0.1, 0.15) is 10.4 Å². The summed E-state index contributed by atoms with van der Waals surface area (Å²) in [4.78, 5) is 14.0. The third-order valence-electron chi connectivity index (χ3n) is 2.79. The maximum atomic E-state index is 13.6. The predicted molar refractivity (Wildman–Crippen MR) is 82.8 cm³/mol. The van der Waals surface area contributed by atoms with Gasteiger partial charge in [0, 0.05) is 29.9 Å². The third-order valence-corrected chi connectivity index (χ3v) is 3.29. The van der Waals surface area contributed by atoms with Crippen molar-refractivity contribution in [2.75, 3.05) is 24.3 Å². The largest absolute Gasteiger partial charge is 0.378 e. The van der Waals surface area contributed by atoms with E-state index in [0.29, 0.717) is 10.2 Å². The molecule has 2 aromatic rings. The van der Waals surface area contributed by atoms with Crippen molar-refractivity contribution in [1.82, 2.24) is 0 Å². The molecule has 0 bridgehead atoms. The zero-order valence-electron chi connectivity index (χ0n) is 11.2. The lowest BCUT2D eigenvalue weighted by Gasteiger charge is -2.14. The van der Waals surface area contributed by atoms with E-state index in [0.717, 1.165) is 5.69 Å². The average Bonchev–Trinajstić information content (AvgIpc) is 2.41. The summed E-state index contributed by atoms with van der Waals surface area (Å²) in [6.07, 6.45) is 0. The molecular weight excluding hydrogens is 323 g/mol. The summed E-state index contributed by atoms with van der Waals surface area (Å²) in [6.45, 7) is 0. The standard InChI is InChI=1S/C15H14BrFN2O/c1-19(2)12-5-3-4-11(9-12)18-15(20)13-8-10(16)6-7-14(13)17/h3-9H,1-2H3,(H,18,20). The minimum Gasteiger partial charge on any atom is -0.378 e. The van der Waals surface area contributed by atoms with Gasteiger partial charge in [-0.25, -0.2) is 4.39 Å². The minimum atomic E-state index is -0.547. The molecule has 0 aromatic heterocycles. The first-order chi connectivity index (χ1) is 9.47. The molecule has 0 saturated carbocycles. The Morgan fingerprint density at radius 2 is 1.95 bits per heavy atom. The second kappa shape index (κ2) is 6.05. The summed E-state index contributed by atoms with van der Waals surface area (Å²) in [6, 6.07) is 11.6. The summed E-state index contributed by atoms with van der Waals surface area (Å²) in [5.41, 5.74) is 1.59. The monoisotopic (exact) mass is 336 g/mol. The molecule has 0 atom stereocenters. The summed E-state index contributed by atoms with van der Waals surface area (Å²) < 4.78 is 14.3. The molecule has 0 heterocycles. The predicted octanol–water partition coefficient (Wildman–Crippen LogP) is 3.91. The molecule has 0 saturated heterocycles. The van der Waals surface area contributed by atoms with Crippen molar-refractivity contribution < 1.29 is 9.18 Å². The van der Waals surface area contributed by atoms with Gasteiger partial charge in [-0.15, -0.1) is 0 Å². The zero-order chi connectivity index (χ0) is 14.7. The molecule has 5 heteroatoms. The topological polar surface area (TPSA) is 32.3 Å². The molecule has 0 aliphatic heterocycles. The molecule has 0 unspecified atom stereocenters. The van der Waals surface area contributed by atoms with Crippen LogP contribution in [0.5, 0.6) is 0 Å². The Balaban J connectivity index is 2.23. The van der Waals surface area contributed by atoms with E-state index in [1.54, 1.807) is 12.1 Å². The first-order valence-corrected chi connectivity index (χ1v) is 6.80. The average molecular weight is 337 g/mol. The fourth-order valence-electron chi connectivity index (χ4n) is 1.73. The second-order valence-corrected chi connectivity index (χ2v) is 5.44. The lowest BCUT2D eigenvalue weighted by atomic mass is 10.2. The molecule has 2 rings (SSSR count). The molecular formula is C15H14BrFN2O. The van der Waals surface area contributed by atoms with Crippen LogP contribution < -0.4 is 10.2 Å². The van der Waals surface area contributed by atoms with E-state index >= 15 is 0 Å². The van der Waals surface area contributed by atoms with Gasteiger partial charge in [0.2, 0.25) is 0 Å². The Morgan fingerprint density at radius 3 is 2.65 bits per heavy atom. The van der Waals surface area contributed by atoms with Crippen LogP contribution in [0.3, 0.4) is 0 Å². The molecule has 104 valence electrons. The number of benzene rings is 2. The number of rotatable bonds is 3. The van der Waals surface area contributed by atoms with Gasteiger partial charge < -0.3 is 10.2 Å². The third kappa shape index (κ3) is 3.36. The van der Waals surface area contributed by atoms with Crippen LogP contribution in [0.4, 0.5) is 15.8 Å². The lowest BCUT2D eigenvalue weighted by molar-refractivity contribution is 0.102. The van der Waals surface area contributed by atoms with Crippen molar-refractivity contribution in [3.05, 3.63) is 58.3 Å². The van der Waals surface area contributed by atoms with E-state index in [1.807, 2.05) is 37.2 Å². The van der Waals surface area contributed by atoms with Crippen LogP contribution in [0.15, 0.2) is 46.9 Å². The smallest absolute Gasteiger partial charge is 0.258 e. The summed E-state index contributed by atoms with van der Waals surface area (Å²) in [5.74, 6) is -1.02. The fraction of sp³-hybridized carbons (Fsp3) is 0.133. The highest BCUT2D eigenvalue weighted by molar-refractivity contribution is 9.10. The van der Waals surface area contributed by atoms with E-state index in [4.69, 9.17) is 0 Å². The van der Waals surface area contributed by atoms with Gasteiger partial charge in [-0.2, -0.15) is 0 Å². The molecule has 1 amide bonds. The van der Waals surface area contributed by atoms with E-state index in [1.165, 1.54) is 12.1 Å². The first kappa shape index (κ1) is 14.5. The summed E-state index contributed by atoms with van der Waals surface area (Å²) >= 11 is 3.23. The Kier molecular flexibility index (Phi) is 4.39. The van der Waals surface area contributed by atoms with Crippen LogP contribution in [0, 0.1) is 5.82 Å². The number of hydrogen-bond acceptors (Lipinski definition) is 2. The van der Waals surface area contributed by atoms with Crippen LogP contribution >= 0.6 is 15.9 Å². The molecule has 3 nitrogen and oxygen atoms in total. The van der Waals surface area contributed by atoms with Crippen LogP contribution in [0.25, 0.3) is 0 Å². The van der Waals surface area contributed by atoms with Crippen LogP contribution in [-0.2, 0) is 0 Å². The van der Waals surface area contributed by atoms with E-state index in [2.05, 4.69) is 21.2 Å². The maximum absolute atomic E-state index is 13.6. The van der Waals surface area contributed by atoms with Gasteiger partial charge in [-0.1, -0.05) is 22.0 Å². The van der Waals surface area contributed by atoms with Gasteiger partial charge in [-0.05, 0) is 36.4 Å². The van der Waals surface area contributed by atoms with Gasteiger partial charge in [0.25, 0.3) is 5.91 Å². The quantitative estimate of drug-likeness (QED) is 0.921. The van der Waals surface area contributed by atoms with Crippen molar-refractivity contribution in [2.45, 2.75) is 0 Å². The molecule has 2 aromatic carbocycles. The molecule has 0 fully saturated rings. The van der Waals surface area contributed by atoms with Crippen molar-refractivity contribution in [2.24, 2.45) is 0 Å². The number of nitrogens with one attached hydrogen (secondary N) is 1. The van der Waals surface area contributed by atoms with Crippen molar-refractivity contribution in [3.8, 4) is 0 Å². The van der Waals surface area contributed by atoms with Gasteiger partial charge in [0.15, 0.2) is 0 Å². The van der Waals surface area contributed by atoms with E-state index in [-0.39, 0.29) is 5.56 Å². The summed E-state index contributed by atoms with van der Waals surface area (Å²) in [7, 11) is 3.82. The zero-order valence-corrected chi connectivity index (χ0v) is 12.7. The van der Waals surface area contributed by atoms with Crippen molar-refractivity contribution in [3.63, 3.8) is 0 Å². The number of carbonyl (C=O) groups excluding carboxylic acids is 1. The number of nitrogens with zero attached hydrogens (tertiary/aromatic N) is 1. The first-order valence-electron chi connectivity index (χ1n) is 6.01. The highest BCUT2D eigenvalue weighted by Gasteiger charge is 2.12. The second-order valence-electron chi connectivity index (χ2n) is 4.52. The van der Waals surface area contributed by atoms with Crippen LogP contribution in [0.2, 0.25) is 0 Å². The number of anilines is 2. The van der Waals surface area contributed by atoms with E-state index in [9.17, 15) is 9.18 Å². The van der Waals surface area contributed by atoms with Crippen molar-refractivity contribution in [1.29, 1.82) is 0 Å². The fourth-order valence-corrected chi connectivity index (χ4v) is 2.09. The Labute approximate surface area is 125 Å².